The lowest BCUT2D eigenvalue weighted by molar-refractivity contribution is -0.168. The van der Waals surface area contributed by atoms with Crippen molar-refractivity contribution >= 4 is 0 Å². The first-order chi connectivity index (χ1) is 5.87. The summed E-state index contributed by atoms with van der Waals surface area (Å²) in [5, 5.41) is 38.0. The van der Waals surface area contributed by atoms with Gasteiger partial charge in [-0.1, -0.05) is 13.8 Å². The van der Waals surface area contributed by atoms with E-state index in [1.807, 2.05) is 13.8 Å². The molecule has 4 heteroatoms. The summed E-state index contributed by atoms with van der Waals surface area (Å²) >= 11 is 0. The van der Waals surface area contributed by atoms with E-state index in [0.29, 0.717) is 0 Å². The molecule has 4 N–H and O–H groups in total. The summed E-state index contributed by atoms with van der Waals surface area (Å²) in [5.41, 5.74) is -1.06. The van der Waals surface area contributed by atoms with Gasteiger partial charge in [0.2, 0.25) is 0 Å². The van der Waals surface area contributed by atoms with Crippen LogP contribution in [0.1, 0.15) is 26.7 Å². The van der Waals surface area contributed by atoms with Crippen LogP contribution in [-0.4, -0.2) is 44.3 Å². The van der Waals surface area contributed by atoms with E-state index in [9.17, 15) is 20.4 Å². The zero-order valence-corrected chi connectivity index (χ0v) is 8.01. The van der Waals surface area contributed by atoms with Crippen molar-refractivity contribution in [3.8, 4) is 0 Å². The Kier molecular flexibility index (Phi) is 2.97. The Balaban J connectivity index is 2.73. The van der Waals surface area contributed by atoms with Gasteiger partial charge in [0.15, 0.2) is 0 Å². The Morgan fingerprint density at radius 1 is 1.08 bits per heavy atom. The first-order valence-corrected chi connectivity index (χ1v) is 4.63. The smallest absolute Gasteiger partial charge is 0.106 e. The Labute approximate surface area is 77.8 Å². The van der Waals surface area contributed by atoms with E-state index in [1.165, 1.54) is 0 Å². The second kappa shape index (κ2) is 3.53. The van der Waals surface area contributed by atoms with Crippen molar-refractivity contribution in [3.63, 3.8) is 0 Å². The lowest BCUT2D eigenvalue weighted by atomic mass is 9.73. The zero-order valence-electron chi connectivity index (χ0n) is 8.01. The molecular weight excluding hydrogens is 172 g/mol. The molecule has 0 spiro atoms. The Hall–Kier alpha value is -0.160. The number of hydrogen-bond donors (Lipinski definition) is 4. The number of rotatable bonds is 1. The molecule has 0 bridgehead atoms. The molecule has 1 rings (SSSR count). The summed E-state index contributed by atoms with van der Waals surface area (Å²) in [6, 6.07) is 0. The summed E-state index contributed by atoms with van der Waals surface area (Å²) in [4.78, 5) is 0. The molecule has 0 unspecified atom stereocenters. The van der Waals surface area contributed by atoms with Crippen LogP contribution in [0.5, 0.6) is 0 Å². The monoisotopic (exact) mass is 190 g/mol. The molecule has 0 aromatic carbocycles. The van der Waals surface area contributed by atoms with Gasteiger partial charge < -0.3 is 20.4 Å². The summed E-state index contributed by atoms with van der Waals surface area (Å²) in [6.45, 7) is 3.66. The molecule has 2 atom stereocenters. The molecule has 0 aromatic rings. The normalized spacial score (nSPS) is 46.8. The van der Waals surface area contributed by atoms with Crippen LogP contribution in [-0.2, 0) is 0 Å². The van der Waals surface area contributed by atoms with Gasteiger partial charge in [-0.15, -0.1) is 0 Å². The van der Waals surface area contributed by atoms with Crippen molar-refractivity contribution in [3.05, 3.63) is 0 Å². The van der Waals surface area contributed by atoms with Crippen LogP contribution < -0.4 is 0 Å². The SMILES string of the molecule is CC(C)C1(O)C[C@@H](O)C(O)[C@H](O)C1. The summed E-state index contributed by atoms with van der Waals surface area (Å²) in [5.74, 6) is -0.0377. The highest BCUT2D eigenvalue weighted by atomic mass is 16.4. The third-order valence-electron chi connectivity index (χ3n) is 2.99. The Morgan fingerprint density at radius 3 is 1.77 bits per heavy atom. The third kappa shape index (κ3) is 2.02. The summed E-state index contributed by atoms with van der Waals surface area (Å²) in [6.07, 6.45) is -2.93. The fourth-order valence-corrected chi connectivity index (χ4v) is 1.78. The number of hydrogen-bond acceptors (Lipinski definition) is 4. The fraction of sp³-hybridized carbons (Fsp3) is 1.00. The zero-order chi connectivity index (χ0) is 10.2. The van der Waals surface area contributed by atoms with E-state index in [1.54, 1.807) is 0 Å². The molecule has 1 saturated carbocycles. The largest absolute Gasteiger partial charge is 0.390 e. The highest BCUT2D eigenvalue weighted by Gasteiger charge is 2.44. The molecule has 4 nitrogen and oxygen atoms in total. The molecule has 1 aliphatic carbocycles. The lowest BCUT2D eigenvalue weighted by Gasteiger charge is -2.42. The maximum absolute atomic E-state index is 9.98. The van der Waals surface area contributed by atoms with Gasteiger partial charge in [0, 0.05) is 12.8 Å². The third-order valence-corrected chi connectivity index (χ3v) is 2.99. The van der Waals surface area contributed by atoms with Crippen LogP contribution >= 0.6 is 0 Å². The quantitative estimate of drug-likeness (QED) is 0.438. The first kappa shape index (κ1) is 10.9. The van der Waals surface area contributed by atoms with Crippen LogP contribution in [0.2, 0.25) is 0 Å². The van der Waals surface area contributed by atoms with Gasteiger partial charge in [0.25, 0.3) is 0 Å². The van der Waals surface area contributed by atoms with Crippen LogP contribution in [0.25, 0.3) is 0 Å². The molecule has 0 aromatic heterocycles. The predicted molar refractivity (Wildman–Crippen MR) is 47.0 cm³/mol. The minimum absolute atomic E-state index is 0.0377. The van der Waals surface area contributed by atoms with Gasteiger partial charge in [-0.05, 0) is 5.92 Å². The maximum Gasteiger partial charge on any atom is 0.106 e. The van der Waals surface area contributed by atoms with Crippen molar-refractivity contribution in [1.29, 1.82) is 0 Å². The van der Waals surface area contributed by atoms with Crippen molar-refractivity contribution < 1.29 is 20.4 Å². The minimum atomic E-state index is -1.13. The van der Waals surface area contributed by atoms with Gasteiger partial charge in [-0.3, -0.25) is 0 Å². The van der Waals surface area contributed by atoms with E-state index in [2.05, 4.69) is 0 Å². The Bertz CT molecular complexity index is 168. The van der Waals surface area contributed by atoms with E-state index in [-0.39, 0.29) is 18.8 Å². The van der Waals surface area contributed by atoms with Gasteiger partial charge in [-0.2, -0.15) is 0 Å². The summed E-state index contributed by atoms with van der Waals surface area (Å²) in [7, 11) is 0. The highest BCUT2D eigenvalue weighted by molar-refractivity contribution is 4.96. The number of aliphatic hydroxyl groups is 4. The van der Waals surface area contributed by atoms with E-state index in [0.717, 1.165) is 0 Å². The van der Waals surface area contributed by atoms with Crippen molar-refractivity contribution in [2.24, 2.45) is 5.92 Å². The van der Waals surface area contributed by atoms with Crippen LogP contribution in [0.4, 0.5) is 0 Å². The van der Waals surface area contributed by atoms with Crippen molar-refractivity contribution in [2.75, 3.05) is 0 Å². The molecule has 13 heavy (non-hydrogen) atoms. The van der Waals surface area contributed by atoms with E-state index in [4.69, 9.17) is 0 Å². The molecule has 0 saturated heterocycles. The minimum Gasteiger partial charge on any atom is -0.390 e. The molecule has 0 amide bonds. The second-order valence-electron chi connectivity index (χ2n) is 4.29. The topological polar surface area (TPSA) is 80.9 Å². The molecule has 1 fully saturated rings. The predicted octanol–water partition coefficient (Wildman–Crippen LogP) is -0.750. The Morgan fingerprint density at radius 2 is 1.46 bits per heavy atom. The summed E-state index contributed by atoms with van der Waals surface area (Å²) < 4.78 is 0. The maximum atomic E-state index is 9.98. The molecule has 0 aliphatic heterocycles. The van der Waals surface area contributed by atoms with Gasteiger partial charge in [0.1, 0.15) is 6.10 Å². The van der Waals surface area contributed by atoms with Crippen LogP contribution in [0.15, 0.2) is 0 Å². The second-order valence-corrected chi connectivity index (χ2v) is 4.29. The van der Waals surface area contributed by atoms with Crippen LogP contribution in [0.3, 0.4) is 0 Å². The van der Waals surface area contributed by atoms with Gasteiger partial charge in [-0.25, -0.2) is 0 Å². The average molecular weight is 190 g/mol. The lowest BCUT2D eigenvalue weighted by Crippen LogP contribution is -2.54. The molecule has 78 valence electrons. The molecule has 1 aliphatic rings. The molecule has 0 heterocycles. The van der Waals surface area contributed by atoms with Gasteiger partial charge in [0.05, 0.1) is 17.8 Å². The van der Waals surface area contributed by atoms with E-state index >= 15 is 0 Å². The van der Waals surface area contributed by atoms with Crippen molar-refractivity contribution in [1.82, 2.24) is 0 Å². The molecule has 0 radical (unpaired) electrons. The standard InChI is InChI=1S/C9H18O4/c1-5(2)9(13)3-6(10)8(12)7(11)4-9/h5-8,10-13H,3-4H2,1-2H3/t6-,7-,8?,9?/m1/s1. The highest BCUT2D eigenvalue weighted by Crippen LogP contribution is 2.34. The molecular formula is C9H18O4. The fourth-order valence-electron chi connectivity index (χ4n) is 1.78. The van der Waals surface area contributed by atoms with E-state index < -0.39 is 23.9 Å². The average Bonchev–Trinajstić information content (AvgIpc) is 2.00. The van der Waals surface area contributed by atoms with Gasteiger partial charge >= 0.3 is 0 Å². The number of aliphatic hydroxyl groups excluding tert-OH is 3. The van der Waals surface area contributed by atoms with Crippen LogP contribution in [0, 0.1) is 5.92 Å². The first-order valence-electron chi connectivity index (χ1n) is 4.63. The van der Waals surface area contributed by atoms with Crippen molar-refractivity contribution in [2.45, 2.75) is 50.6 Å².